The molecule has 2 aliphatic rings. The van der Waals surface area contributed by atoms with Gasteiger partial charge in [0, 0.05) is 5.03 Å². The van der Waals surface area contributed by atoms with Crippen LogP contribution in [0.3, 0.4) is 0 Å². The molecule has 0 heterocycles. The monoisotopic (exact) mass is 210 g/mol. The Morgan fingerprint density at radius 3 is 2.29 bits per heavy atom. The Labute approximate surface area is 85.4 Å². The fourth-order valence-electron chi connectivity index (χ4n) is 1.99. The van der Waals surface area contributed by atoms with Crippen LogP contribution in [0.4, 0.5) is 0 Å². The highest BCUT2D eigenvalue weighted by Gasteiger charge is 2.54. The van der Waals surface area contributed by atoms with Gasteiger partial charge in [-0.1, -0.05) is 23.8 Å². The summed E-state index contributed by atoms with van der Waals surface area (Å²) < 4.78 is 0. The number of hydrogen-bond acceptors (Lipinski definition) is 2. The number of fused-ring (bicyclic) bond motifs is 2. The second-order valence-corrected chi connectivity index (χ2v) is 3.71. The fourth-order valence-corrected chi connectivity index (χ4v) is 2.31. The Bertz CT molecular complexity index is 426. The lowest BCUT2D eigenvalue weighted by Gasteiger charge is -2.21. The molecular formula is C10H7ClO3. The van der Waals surface area contributed by atoms with Crippen LogP contribution in [0.15, 0.2) is 34.4 Å². The van der Waals surface area contributed by atoms with Gasteiger partial charge in [-0.3, -0.25) is 9.59 Å². The first-order valence-electron chi connectivity index (χ1n) is 4.06. The summed E-state index contributed by atoms with van der Waals surface area (Å²) in [5.41, 5.74) is -0.691. The summed E-state index contributed by atoms with van der Waals surface area (Å²) in [5.74, 6) is -1.57. The van der Waals surface area contributed by atoms with E-state index in [2.05, 4.69) is 0 Å². The summed E-state index contributed by atoms with van der Waals surface area (Å²) in [6, 6.07) is 0. The molecule has 0 aromatic rings. The first-order chi connectivity index (χ1) is 6.51. The van der Waals surface area contributed by atoms with Gasteiger partial charge < -0.3 is 5.11 Å². The molecule has 1 atom stereocenters. The summed E-state index contributed by atoms with van der Waals surface area (Å²) in [5, 5.41) is 9.49. The van der Waals surface area contributed by atoms with E-state index in [1.54, 1.807) is 12.2 Å². The molecule has 14 heavy (non-hydrogen) atoms. The normalized spacial score (nSPS) is 28.3. The van der Waals surface area contributed by atoms with Gasteiger partial charge in [-0.2, -0.15) is 0 Å². The average molecular weight is 211 g/mol. The van der Waals surface area contributed by atoms with Crippen molar-refractivity contribution in [2.24, 2.45) is 5.41 Å². The maximum atomic E-state index is 11.5. The minimum Gasteiger partial charge on any atom is -0.480 e. The zero-order valence-electron chi connectivity index (χ0n) is 7.37. The van der Waals surface area contributed by atoms with Crippen LogP contribution in [-0.4, -0.2) is 16.9 Å². The second kappa shape index (κ2) is 2.58. The summed E-state index contributed by atoms with van der Waals surface area (Å²) in [4.78, 5) is 22.6. The third kappa shape index (κ3) is 0.780. The third-order valence-corrected chi connectivity index (χ3v) is 2.97. The van der Waals surface area contributed by atoms with E-state index >= 15 is 0 Å². The molecule has 2 aliphatic carbocycles. The van der Waals surface area contributed by atoms with E-state index in [-0.39, 0.29) is 0 Å². The van der Waals surface area contributed by atoms with Crippen LogP contribution in [0.5, 0.6) is 0 Å². The van der Waals surface area contributed by atoms with E-state index in [9.17, 15) is 9.59 Å². The Hall–Kier alpha value is -1.35. The van der Waals surface area contributed by atoms with E-state index in [1.165, 1.54) is 13.0 Å². The minimum absolute atomic E-state index is 0.347. The van der Waals surface area contributed by atoms with Gasteiger partial charge in [0.2, 0.25) is 0 Å². The number of carbonyl (C=O) groups excluding carboxylic acids is 1. The Kier molecular flexibility index (Phi) is 1.70. The van der Waals surface area contributed by atoms with Crippen molar-refractivity contribution in [2.75, 3.05) is 0 Å². The molecule has 72 valence electrons. The number of halogens is 1. The summed E-state index contributed by atoms with van der Waals surface area (Å²) in [6.07, 6.45) is 4.75. The van der Waals surface area contributed by atoms with Gasteiger partial charge in [0.05, 0.1) is 0 Å². The van der Waals surface area contributed by atoms with Crippen LogP contribution in [0.1, 0.15) is 6.92 Å². The number of aliphatic carboxylic acids is 1. The van der Waals surface area contributed by atoms with Crippen molar-refractivity contribution >= 4 is 23.4 Å². The Balaban J connectivity index is 2.71. The molecule has 0 amide bonds. The number of rotatable bonds is 2. The van der Waals surface area contributed by atoms with Gasteiger partial charge in [-0.25, -0.2) is 0 Å². The minimum atomic E-state index is -1.53. The molecule has 2 bridgehead atoms. The molecule has 1 N–H and O–H groups in total. The summed E-state index contributed by atoms with van der Waals surface area (Å²) in [7, 11) is 0. The van der Waals surface area contributed by atoms with E-state index in [0.29, 0.717) is 16.2 Å². The van der Waals surface area contributed by atoms with Crippen LogP contribution in [0, 0.1) is 5.41 Å². The van der Waals surface area contributed by atoms with Gasteiger partial charge in [0.25, 0.3) is 0 Å². The SMILES string of the molecule is CC(=O)C1(C(=O)O)C2=CC(Cl)=C1C=C2. The lowest BCUT2D eigenvalue weighted by Crippen LogP contribution is -2.37. The predicted octanol–water partition coefficient (Wildman–Crippen LogP) is 1.65. The van der Waals surface area contributed by atoms with E-state index < -0.39 is 17.2 Å². The van der Waals surface area contributed by atoms with E-state index in [0.717, 1.165) is 0 Å². The zero-order valence-corrected chi connectivity index (χ0v) is 8.13. The van der Waals surface area contributed by atoms with Crippen LogP contribution >= 0.6 is 11.6 Å². The second-order valence-electron chi connectivity index (χ2n) is 3.31. The van der Waals surface area contributed by atoms with Gasteiger partial charge in [0.1, 0.15) is 0 Å². The lowest BCUT2D eigenvalue weighted by molar-refractivity contribution is -0.148. The van der Waals surface area contributed by atoms with Gasteiger partial charge >= 0.3 is 5.97 Å². The van der Waals surface area contributed by atoms with Crippen molar-refractivity contribution in [3.63, 3.8) is 0 Å². The first kappa shape index (κ1) is 9.21. The van der Waals surface area contributed by atoms with Crippen molar-refractivity contribution in [3.05, 3.63) is 34.4 Å². The molecule has 0 aromatic carbocycles. The molecule has 0 radical (unpaired) electrons. The molecule has 0 fully saturated rings. The molecule has 0 spiro atoms. The van der Waals surface area contributed by atoms with Crippen LogP contribution < -0.4 is 0 Å². The summed E-state index contributed by atoms with van der Waals surface area (Å²) in [6.45, 7) is 1.27. The van der Waals surface area contributed by atoms with Crippen molar-refractivity contribution in [1.29, 1.82) is 0 Å². The topological polar surface area (TPSA) is 54.4 Å². The van der Waals surface area contributed by atoms with Crippen molar-refractivity contribution < 1.29 is 14.7 Å². The highest BCUT2D eigenvalue weighted by molar-refractivity contribution is 6.34. The molecule has 3 nitrogen and oxygen atoms in total. The number of ketones is 1. The number of allylic oxidation sites excluding steroid dienone is 4. The van der Waals surface area contributed by atoms with Crippen molar-refractivity contribution in [1.82, 2.24) is 0 Å². The Morgan fingerprint density at radius 1 is 1.43 bits per heavy atom. The van der Waals surface area contributed by atoms with Crippen molar-refractivity contribution in [3.8, 4) is 0 Å². The maximum absolute atomic E-state index is 11.5. The lowest BCUT2D eigenvalue weighted by atomic mass is 9.78. The predicted molar refractivity (Wildman–Crippen MR) is 50.9 cm³/mol. The molecule has 2 rings (SSSR count). The number of carboxylic acid groups (broad SMARTS) is 1. The molecule has 4 heteroatoms. The zero-order chi connectivity index (χ0) is 10.5. The summed E-state index contributed by atoms with van der Waals surface area (Å²) >= 11 is 5.82. The molecule has 0 saturated heterocycles. The van der Waals surface area contributed by atoms with Crippen LogP contribution in [0.25, 0.3) is 0 Å². The molecule has 0 aliphatic heterocycles. The highest BCUT2D eigenvalue weighted by atomic mass is 35.5. The van der Waals surface area contributed by atoms with Gasteiger partial charge in [0.15, 0.2) is 11.2 Å². The van der Waals surface area contributed by atoms with E-state index in [1.807, 2.05) is 0 Å². The van der Waals surface area contributed by atoms with Gasteiger partial charge in [-0.05, 0) is 24.1 Å². The molecule has 0 saturated carbocycles. The highest BCUT2D eigenvalue weighted by Crippen LogP contribution is 2.51. The van der Waals surface area contributed by atoms with Crippen molar-refractivity contribution in [2.45, 2.75) is 6.92 Å². The molecule has 1 unspecified atom stereocenters. The number of Topliss-reactive ketones (excluding diaryl/α,β-unsaturated/α-hetero) is 1. The maximum Gasteiger partial charge on any atom is 0.326 e. The third-order valence-electron chi connectivity index (χ3n) is 2.65. The largest absolute Gasteiger partial charge is 0.480 e. The fraction of sp³-hybridized carbons (Fsp3) is 0.200. The quantitative estimate of drug-likeness (QED) is 0.705. The number of carbonyl (C=O) groups is 2. The standard InChI is InChI=1S/C10H7ClO3/c1-5(12)10(9(13)14)6-2-3-7(10)8(11)4-6/h2-4H,1H3,(H,13,14). The molecule has 0 aromatic heterocycles. The van der Waals surface area contributed by atoms with Gasteiger partial charge in [-0.15, -0.1) is 0 Å². The number of hydrogen-bond donors (Lipinski definition) is 1. The number of carboxylic acids is 1. The van der Waals surface area contributed by atoms with Crippen LogP contribution in [0.2, 0.25) is 0 Å². The van der Waals surface area contributed by atoms with Crippen LogP contribution in [-0.2, 0) is 9.59 Å². The van der Waals surface area contributed by atoms with E-state index in [4.69, 9.17) is 16.7 Å². The average Bonchev–Trinajstić information content (AvgIpc) is 2.55. The first-order valence-corrected chi connectivity index (χ1v) is 4.44. The smallest absolute Gasteiger partial charge is 0.326 e. The Morgan fingerprint density at radius 2 is 2.07 bits per heavy atom. The molecular weight excluding hydrogens is 204 g/mol.